The SMILES string of the molecule is CCn1cc(N)cc1C(=O)Nc1ccnn1C(C)C. The monoisotopic (exact) mass is 261 g/mol. The lowest BCUT2D eigenvalue weighted by atomic mass is 10.3. The molecule has 2 aromatic rings. The normalized spacial score (nSPS) is 10.9. The van der Waals surface area contributed by atoms with Crippen molar-refractivity contribution in [3.8, 4) is 0 Å². The van der Waals surface area contributed by atoms with Crippen LogP contribution in [-0.2, 0) is 6.54 Å². The van der Waals surface area contributed by atoms with Crippen molar-refractivity contribution in [2.45, 2.75) is 33.4 Å². The molecule has 0 aliphatic heterocycles. The molecule has 0 saturated carbocycles. The number of amides is 1. The van der Waals surface area contributed by atoms with Crippen molar-refractivity contribution in [2.24, 2.45) is 0 Å². The molecule has 0 unspecified atom stereocenters. The van der Waals surface area contributed by atoms with Crippen LogP contribution in [0, 0.1) is 0 Å². The van der Waals surface area contributed by atoms with Gasteiger partial charge in [0, 0.05) is 24.8 Å². The molecule has 19 heavy (non-hydrogen) atoms. The minimum absolute atomic E-state index is 0.180. The van der Waals surface area contributed by atoms with E-state index in [2.05, 4.69) is 10.4 Å². The number of aromatic nitrogens is 3. The fourth-order valence-electron chi connectivity index (χ4n) is 1.99. The third-order valence-electron chi connectivity index (χ3n) is 2.89. The first kappa shape index (κ1) is 13.2. The van der Waals surface area contributed by atoms with E-state index in [0.29, 0.717) is 23.7 Å². The van der Waals surface area contributed by atoms with E-state index in [0.717, 1.165) is 0 Å². The summed E-state index contributed by atoms with van der Waals surface area (Å²) in [5.74, 6) is 0.503. The quantitative estimate of drug-likeness (QED) is 0.885. The van der Waals surface area contributed by atoms with Crippen LogP contribution < -0.4 is 11.1 Å². The zero-order valence-electron chi connectivity index (χ0n) is 11.4. The Balaban J connectivity index is 2.23. The highest BCUT2D eigenvalue weighted by Gasteiger charge is 2.15. The van der Waals surface area contributed by atoms with Gasteiger partial charge in [0.15, 0.2) is 0 Å². The molecule has 102 valence electrons. The molecule has 1 amide bonds. The van der Waals surface area contributed by atoms with Crippen molar-refractivity contribution in [2.75, 3.05) is 11.1 Å². The van der Waals surface area contributed by atoms with Gasteiger partial charge in [-0.15, -0.1) is 0 Å². The first-order valence-electron chi connectivity index (χ1n) is 6.33. The molecule has 0 aliphatic rings. The summed E-state index contributed by atoms with van der Waals surface area (Å²) in [4.78, 5) is 12.3. The van der Waals surface area contributed by atoms with Gasteiger partial charge in [-0.2, -0.15) is 5.10 Å². The summed E-state index contributed by atoms with van der Waals surface area (Å²) < 4.78 is 3.58. The minimum atomic E-state index is -0.180. The Morgan fingerprint density at radius 3 is 2.89 bits per heavy atom. The molecule has 0 aromatic carbocycles. The average molecular weight is 261 g/mol. The highest BCUT2D eigenvalue weighted by molar-refractivity contribution is 6.03. The maximum Gasteiger partial charge on any atom is 0.273 e. The van der Waals surface area contributed by atoms with Gasteiger partial charge in [-0.25, -0.2) is 4.68 Å². The molecule has 0 bridgehead atoms. The highest BCUT2D eigenvalue weighted by Crippen LogP contribution is 2.16. The lowest BCUT2D eigenvalue weighted by Gasteiger charge is -2.12. The van der Waals surface area contributed by atoms with Gasteiger partial charge in [-0.1, -0.05) is 0 Å². The van der Waals surface area contributed by atoms with Crippen LogP contribution in [0.3, 0.4) is 0 Å². The van der Waals surface area contributed by atoms with E-state index in [1.165, 1.54) is 0 Å². The number of hydrogen-bond donors (Lipinski definition) is 2. The molecule has 3 N–H and O–H groups in total. The number of carbonyl (C=O) groups is 1. The van der Waals surface area contributed by atoms with Crippen molar-refractivity contribution in [1.29, 1.82) is 0 Å². The van der Waals surface area contributed by atoms with Crippen LogP contribution in [0.2, 0.25) is 0 Å². The number of carbonyl (C=O) groups excluding carboxylic acids is 1. The van der Waals surface area contributed by atoms with Crippen LogP contribution in [0.1, 0.15) is 37.3 Å². The molecule has 2 rings (SSSR count). The zero-order chi connectivity index (χ0) is 14.0. The van der Waals surface area contributed by atoms with Crippen LogP contribution >= 0.6 is 0 Å². The molecule has 0 saturated heterocycles. The third-order valence-corrected chi connectivity index (χ3v) is 2.89. The number of rotatable bonds is 4. The van der Waals surface area contributed by atoms with Crippen LogP contribution in [-0.4, -0.2) is 20.3 Å². The maximum atomic E-state index is 12.3. The summed E-state index contributed by atoms with van der Waals surface area (Å²) >= 11 is 0. The summed E-state index contributed by atoms with van der Waals surface area (Å²) in [6.07, 6.45) is 3.43. The summed E-state index contributed by atoms with van der Waals surface area (Å²) in [5, 5.41) is 7.04. The molecular weight excluding hydrogens is 242 g/mol. The van der Waals surface area contributed by atoms with E-state index < -0.39 is 0 Å². The van der Waals surface area contributed by atoms with Crippen molar-refractivity contribution in [3.63, 3.8) is 0 Å². The fourth-order valence-corrected chi connectivity index (χ4v) is 1.99. The molecule has 0 atom stereocenters. The number of nitrogen functional groups attached to an aromatic ring is 1. The second kappa shape index (κ2) is 5.17. The van der Waals surface area contributed by atoms with Gasteiger partial charge in [-0.05, 0) is 26.8 Å². The van der Waals surface area contributed by atoms with E-state index in [1.807, 2.05) is 25.3 Å². The van der Waals surface area contributed by atoms with Crippen molar-refractivity contribution in [3.05, 3.63) is 30.2 Å². The minimum Gasteiger partial charge on any atom is -0.397 e. The number of aryl methyl sites for hydroxylation is 1. The Hall–Kier alpha value is -2.24. The summed E-state index contributed by atoms with van der Waals surface area (Å²) in [7, 11) is 0. The standard InChI is InChI=1S/C13H19N5O/c1-4-17-8-10(14)7-11(17)13(19)16-12-5-6-15-18(12)9(2)3/h5-9H,4,14H2,1-3H3,(H,16,19). The Morgan fingerprint density at radius 1 is 1.53 bits per heavy atom. The molecule has 0 spiro atoms. The van der Waals surface area contributed by atoms with E-state index in [4.69, 9.17) is 5.73 Å². The lowest BCUT2D eigenvalue weighted by molar-refractivity contribution is 0.101. The molecular formula is C13H19N5O. The first-order chi connectivity index (χ1) is 9.02. The zero-order valence-corrected chi connectivity index (χ0v) is 11.4. The largest absolute Gasteiger partial charge is 0.397 e. The number of nitrogens with one attached hydrogen (secondary N) is 1. The number of hydrogen-bond acceptors (Lipinski definition) is 3. The Labute approximate surface area is 112 Å². The Morgan fingerprint density at radius 2 is 2.26 bits per heavy atom. The van der Waals surface area contributed by atoms with Gasteiger partial charge in [-0.3, -0.25) is 4.79 Å². The van der Waals surface area contributed by atoms with E-state index in [1.54, 1.807) is 29.2 Å². The molecule has 6 heteroatoms. The Bertz CT molecular complexity index is 582. The van der Waals surface area contributed by atoms with Gasteiger partial charge in [0.25, 0.3) is 5.91 Å². The van der Waals surface area contributed by atoms with Gasteiger partial charge in [0.2, 0.25) is 0 Å². The summed E-state index contributed by atoms with van der Waals surface area (Å²) in [5.41, 5.74) is 6.87. The second-order valence-electron chi connectivity index (χ2n) is 4.65. The topological polar surface area (TPSA) is 77.9 Å². The fraction of sp³-hybridized carbons (Fsp3) is 0.385. The number of anilines is 2. The summed E-state index contributed by atoms with van der Waals surface area (Å²) in [6, 6.07) is 3.64. The van der Waals surface area contributed by atoms with Crippen LogP contribution in [0.5, 0.6) is 0 Å². The van der Waals surface area contributed by atoms with Crippen molar-refractivity contribution < 1.29 is 4.79 Å². The first-order valence-corrected chi connectivity index (χ1v) is 6.33. The van der Waals surface area contributed by atoms with E-state index in [-0.39, 0.29) is 11.9 Å². The predicted molar refractivity (Wildman–Crippen MR) is 75.1 cm³/mol. The smallest absolute Gasteiger partial charge is 0.273 e. The number of nitrogens with two attached hydrogens (primary N) is 1. The van der Waals surface area contributed by atoms with Crippen LogP contribution in [0.4, 0.5) is 11.5 Å². The van der Waals surface area contributed by atoms with E-state index in [9.17, 15) is 4.79 Å². The predicted octanol–water partition coefficient (Wildman–Crippen LogP) is 2.12. The molecule has 6 nitrogen and oxygen atoms in total. The van der Waals surface area contributed by atoms with Crippen LogP contribution in [0.15, 0.2) is 24.5 Å². The lowest BCUT2D eigenvalue weighted by Crippen LogP contribution is -2.19. The maximum absolute atomic E-state index is 12.3. The highest BCUT2D eigenvalue weighted by atomic mass is 16.2. The second-order valence-corrected chi connectivity index (χ2v) is 4.65. The molecule has 0 radical (unpaired) electrons. The number of nitrogens with zero attached hydrogens (tertiary/aromatic N) is 3. The van der Waals surface area contributed by atoms with Crippen molar-refractivity contribution in [1.82, 2.24) is 14.3 Å². The summed E-state index contributed by atoms with van der Waals surface area (Å²) in [6.45, 7) is 6.68. The van der Waals surface area contributed by atoms with Gasteiger partial charge in [0.1, 0.15) is 11.5 Å². The van der Waals surface area contributed by atoms with Gasteiger partial charge >= 0.3 is 0 Å². The molecule has 0 fully saturated rings. The third kappa shape index (κ3) is 2.62. The van der Waals surface area contributed by atoms with Gasteiger partial charge in [0.05, 0.1) is 11.9 Å². The Kier molecular flexibility index (Phi) is 3.59. The van der Waals surface area contributed by atoms with Crippen molar-refractivity contribution >= 4 is 17.4 Å². The molecule has 0 aliphatic carbocycles. The van der Waals surface area contributed by atoms with Crippen LogP contribution in [0.25, 0.3) is 0 Å². The molecule has 2 heterocycles. The van der Waals surface area contributed by atoms with Gasteiger partial charge < -0.3 is 15.6 Å². The molecule has 2 aromatic heterocycles. The van der Waals surface area contributed by atoms with E-state index >= 15 is 0 Å². The average Bonchev–Trinajstić information content (AvgIpc) is 2.95.